The molecule has 1 aromatic heterocycles. The van der Waals surface area contributed by atoms with Gasteiger partial charge in [0.25, 0.3) is 0 Å². The smallest absolute Gasteiger partial charge is 0.160 e. The molecule has 0 bridgehead atoms. The Morgan fingerprint density at radius 3 is 2.92 bits per heavy atom. The second kappa shape index (κ2) is 6.48. The van der Waals surface area contributed by atoms with Crippen LogP contribution in [0.2, 0.25) is 0 Å². The molecule has 1 aromatic carbocycles. The lowest BCUT2D eigenvalue weighted by Gasteiger charge is -2.32. The van der Waals surface area contributed by atoms with E-state index in [0.717, 1.165) is 28.8 Å². The summed E-state index contributed by atoms with van der Waals surface area (Å²) in [5, 5.41) is 1.16. The number of thioether (sulfide) groups is 1. The Balaban J connectivity index is 1.79. The maximum atomic E-state index is 5.44. The molecule has 0 spiro atoms. The van der Waals surface area contributed by atoms with Gasteiger partial charge in [-0.15, -0.1) is 0 Å². The molecule has 3 atom stereocenters. The van der Waals surface area contributed by atoms with E-state index in [1.807, 2.05) is 36.2 Å². The summed E-state index contributed by atoms with van der Waals surface area (Å²) in [4.78, 5) is 12.1. The number of hydrogen-bond acceptors (Lipinski definition) is 5. The van der Waals surface area contributed by atoms with Crippen molar-refractivity contribution < 1.29 is 4.74 Å². The normalized spacial score (nSPS) is 25.5. The maximum absolute atomic E-state index is 5.44. The van der Waals surface area contributed by atoms with Gasteiger partial charge in [-0.2, -0.15) is 0 Å². The number of rotatable bonds is 4. The van der Waals surface area contributed by atoms with Crippen LogP contribution in [0.3, 0.4) is 0 Å². The predicted octanol–water partition coefficient (Wildman–Crippen LogP) is 4.07. The molecule has 2 aliphatic heterocycles. The Labute approximate surface area is 147 Å². The molecule has 3 heterocycles. The summed E-state index contributed by atoms with van der Waals surface area (Å²) >= 11 is 1.87. The van der Waals surface area contributed by atoms with E-state index in [4.69, 9.17) is 9.73 Å². The van der Waals surface area contributed by atoms with Crippen LogP contribution in [0.15, 0.2) is 53.7 Å². The van der Waals surface area contributed by atoms with E-state index < -0.39 is 0 Å². The molecule has 0 aliphatic carbocycles. The minimum absolute atomic E-state index is 0.0372. The lowest BCUT2D eigenvalue weighted by Crippen LogP contribution is -2.35. The number of fused-ring (bicyclic) bond motifs is 1. The van der Waals surface area contributed by atoms with Gasteiger partial charge in [-0.1, -0.05) is 36.9 Å². The standard InChI is InChI=1S/C19H21N3OS/c1-3-14-12-24-19-21-17(16-9-4-5-10-20-16)18(22(14)19)13-7-6-8-15(11-13)23-2/h4-11,14,17-18H,3,12H2,1-2H3. The SMILES string of the molecule is CCC1CSC2=NC(c3ccccn3)C(c3cccc(OC)c3)N21. The first-order chi connectivity index (χ1) is 11.8. The first kappa shape index (κ1) is 15.5. The fourth-order valence-corrected chi connectivity index (χ4v) is 4.87. The summed E-state index contributed by atoms with van der Waals surface area (Å²) in [7, 11) is 1.71. The van der Waals surface area contributed by atoms with Gasteiger partial charge in [-0.05, 0) is 36.2 Å². The van der Waals surface area contributed by atoms with E-state index in [2.05, 4.69) is 41.1 Å². The van der Waals surface area contributed by atoms with Crippen molar-refractivity contribution in [3.8, 4) is 5.75 Å². The fraction of sp³-hybridized carbons (Fsp3) is 0.368. The zero-order chi connectivity index (χ0) is 16.5. The van der Waals surface area contributed by atoms with Crippen LogP contribution in [0.5, 0.6) is 5.75 Å². The summed E-state index contributed by atoms with van der Waals surface area (Å²) in [6.45, 7) is 2.25. The highest BCUT2D eigenvalue weighted by molar-refractivity contribution is 8.14. The largest absolute Gasteiger partial charge is 0.497 e. The van der Waals surface area contributed by atoms with Crippen LogP contribution < -0.4 is 4.74 Å². The Kier molecular flexibility index (Phi) is 4.19. The molecule has 0 saturated carbocycles. The molecule has 4 nitrogen and oxygen atoms in total. The van der Waals surface area contributed by atoms with Crippen molar-refractivity contribution in [1.82, 2.24) is 9.88 Å². The van der Waals surface area contributed by atoms with Crippen LogP contribution in [-0.2, 0) is 0 Å². The third kappa shape index (κ3) is 2.57. The van der Waals surface area contributed by atoms with Crippen LogP contribution in [-0.4, -0.2) is 34.0 Å². The molecule has 0 N–H and O–H groups in total. The Morgan fingerprint density at radius 1 is 1.25 bits per heavy atom. The van der Waals surface area contributed by atoms with E-state index >= 15 is 0 Å². The Hall–Kier alpha value is -2.01. The predicted molar refractivity (Wildman–Crippen MR) is 98.5 cm³/mol. The van der Waals surface area contributed by atoms with Gasteiger partial charge in [0.05, 0.1) is 18.8 Å². The van der Waals surface area contributed by atoms with E-state index in [9.17, 15) is 0 Å². The van der Waals surface area contributed by atoms with Crippen molar-refractivity contribution >= 4 is 16.9 Å². The monoisotopic (exact) mass is 339 g/mol. The zero-order valence-electron chi connectivity index (χ0n) is 13.9. The van der Waals surface area contributed by atoms with Crippen molar-refractivity contribution in [3.05, 3.63) is 59.9 Å². The van der Waals surface area contributed by atoms with Crippen molar-refractivity contribution in [2.45, 2.75) is 31.5 Å². The van der Waals surface area contributed by atoms with Gasteiger partial charge in [-0.3, -0.25) is 9.98 Å². The van der Waals surface area contributed by atoms with Gasteiger partial charge in [-0.25, -0.2) is 0 Å². The number of methoxy groups -OCH3 is 1. The molecule has 1 fully saturated rings. The van der Waals surface area contributed by atoms with Crippen LogP contribution >= 0.6 is 11.8 Å². The molecule has 3 unspecified atom stereocenters. The van der Waals surface area contributed by atoms with Gasteiger partial charge in [0.1, 0.15) is 11.8 Å². The topological polar surface area (TPSA) is 37.7 Å². The minimum atomic E-state index is 0.0372. The summed E-state index contributed by atoms with van der Waals surface area (Å²) in [6, 6.07) is 15.2. The minimum Gasteiger partial charge on any atom is -0.497 e. The molecular weight excluding hydrogens is 318 g/mol. The van der Waals surface area contributed by atoms with Gasteiger partial charge in [0.2, 0.25) is 0 Å². The average molecular weight is 339 g/mol. The number of aliphatic imine (C=N–C) groups is 1. The molecule has 1 saturated heterocycles. The molecule has 2 aromatic rings. The number of aromatic nitrogens is 1. The third-order valence-electron chi connectivity index (χ3n) is 4.76. The molecule has 24 heavy (non-hydrogen) atoms. The fourth-order valence-electron chi connectivity index (χ4n) is 3.54. The van der Waals surface area contributed by atoms with Crippen LogP contribution in [0.1, 0.15) is 36.7 Å². The average Bonchev–Trinajstić information content (AvgIpc) is 3.21. The lowest BCUT2D eigenvalue weighted by atomic mass is 9.95. The highest BCUT2D eigenvalue weighted by Gasteiger charge is 2.45. The highest BCUT2D eigenvalue weighted by atomic mass is 32.2. The summed E-state index contributed by atoms with van der Waals surface area (Å²) < 4.78 is 5.44. The van der Waals surface area contributed by atoms with Crippen LogP contribution in [0.4, 0.5) is 0 Å². The van der Waals surface area contributed by atoms with E-state index in [1.165, 1.54) is 5.56 Å². The second-order valence-electron chi connectivity index (χ2n) is 6.11. The van der Waals surface area contributed by atoms with Gasteiger partial charge < -0.3 is 9.64 Å². The van der Waals surface area contributed by atoms with Crippen LogP contribution in [0.25, 0.3) is 0 Å². The Morgan fingerprint density at radius 2 is 2.17 bits per heavy atom. The number of ether oxygens (including phenoxy) is 1. The number of benzene rings is 1. The van der Waals surface area contributed by atoms with E-state index in [0.29, 0.717) is 6.04 Å². The molecule has 2 aliphatic rings. The molecular formula is C19H21N3OS. The van der Waals surface area contributed by atoms with Crippen molar-refractivity contribution in [2.75, 3.05) is 12.9 Å². The lowest BCUT2D eigenvalue weighted by molar-refractivity contribution is 0.254. The molecule has 0 amide bonds. The summed E-state index contributed by atoms with van der Waals surface area (Å²) in [6.07, 6.45) is 2.98. The van der Waals surface area contributed by atoms with Gasteiger partial charge >= 0.3 is 0 Å². The van der Waals surface area contributed by atoms with E-state index in [1.54, 1.807) is 7.11 Å². The first-order valence-electron chi connectivity index (χ1n) is 8.35. The molecule has 4 rings (SSSR count). The van der Waals surface area contributed by atoms with Crippen LogP contribution in [0, 0.1) is 0 Å². The highest BCUT2D eigenvalue weighted by Crippen LogP contribution is 2.48. The zero-order valence-corrected chi connectivity index (χ0v) is 14.7. The summed E-state index contributed by atoms with van der Waals surface area (Å²) in [5.41, 5.74) is 2.27. The van der Waals surface area contributed by atoms with Crippen molar-refractivity contribution in [1.29, 1.82) is 0 Å². The second-order valence-corrected chi connectivity index (χ2v) is 7.10. The van der Waals surface area contributed by atoms with Crippen molar-refractivity contribution in [3.63, 3.8) is 0 Å². The molecule has 5 heteroatoms. The number of nitrogens with zero attached hydrogens (tertiary/aromatic N) is 3. The van der Waals surface area contributed by atoms with E-state index in [-0.39, 0.29) is 12.1 Å². The number of pyridine rings is 1. The number of hydrogen-bond donors (Lipinski definition) is 0. The summed E-state index contributed by atoms with van der Waals surface area (Å²) in [5.74, 6) is 2.01. The number of amidine groups is 1. The van der Waals surface area contributed by atoms with Gasteiger partial charge in [0.15, 0.2) is 5.17 Å². The van der Waals surface area contributed by atoms with Crippen molar-refractivity contribution in [2.24, 2.45) is 4.99 Å². The maximum Gasteiger partial charge on any atom is 0.160 e. The third-order valence-corrected chi connectivity index (χ3v) is 5.89. The Bertz CT molecular complexity index is 749. The van der Waals surface area contributed by atoms with Gasteiger partial charge in [0, 0.05) is 18.0 Å². The molecule has 0 radical (unpaired) electrons. The first-order valence-corrected chi connectivity index (χ1v) is 9.34. The quantitative estimate of drug-likeness (QED) is 0.841. The molecule has 124 valence electrons.